The van der Waals surface area contributed by atoms with Crippen LogP contribution in [0.5, 0.6) is 0 Å². The molecule has 2 aromatic rings. The first-order valence-corrected chi connectivity index (χ1v) is 7.76. The van der Waals surface area contributed by atoms with Crippen LogP contribution in [-0.4, -0.2) is 5.11 Å². The Morgan fingerprint density at radius 3 is 2.29 bits per heavy atom. The Bertz CT molecular complexity index is 603. The molecule has 0 aliphatic rings. The number of benzene rings is 2. The van der Waals surface area contributed by atoms with Gasteiger partial charge in [-0.3, -0.25) is 0 Å². The lowest BCUT2D eigenvalue weighted by molar-refractivity contribution is 0.867. The molecule has 0 spiro atoms. The second-order valence-corrected chi connectivity index (χ2v) is 5.82. The maximum absolute atomic E-state index is 5.36. The third-order valence-electron chi connectivity index (χ3n) is 3.43. The van der Waals surface area contributed by atoms with Crippen LogP contribution in [0.4, 0.5) is 11.4 Å². The lowest BCUT2D eigenvalue weighted by atomic mass is 10.0. The van der Waals surface area contributed by atoms with Crippen molar-refractivity contribution in [1.82, 2.24) is 0 Å². The van der Waals surface area contributed by atoms with E-state index in [1.54, 1.807) is 0 Å². The van der Waals surface area contributed by atoms with Crippen molar-refractivity contribution in [3.63, 3.8) is 0 Å². The number of rotatable bonds is 4. The molecule has 0 unspecified atom stereocenters. The van der Waals surface area contributed by atoms with Gasteiger partial charge >= 0.3 is 0 Å². The minimum Gasteiger partial charge on any atom is -0.332 e. The zero-order chi connectivity index (χ0) is 15.2. The van der Waals surface area contributed by atoms with Gasteiger partial charge in [0.05, 0.1) is 0 Å². The maximum Gasteiger partial charge on any atom is 0.175 e. The molecule has 3 heteroatoms. The Balaban J connectivity index is 1.97. The van der Waals surface area contributed by atoms with E-state index in [4.69, 9.17) is 12.2 Å². The standard InChI is InChI=1S/C18H22N2S/c1-4-14-6-5-7-17(12-14)20-18(21)19-16-10-8-15(9-11-16)13(2)3/h5-13H,4H2,1-3H3,(H2,19,20,21). The van der Waals surface area contributed by atoms with Gasteiger partial charge < -0.3 is 10.6 Å². The molecule has 0 saturated heterocycles. The monoisotopic (exact) mass is 298 g/mol. The van der Waals surface area contributed by atoms with Crippen molar-refractivity contribution in [3.05, 3.63) is 59.7 Å². The predicted octanol–water partition coefficient (Wildman–Crippen LogP) is 5.18. The van der Waals surface area contributed by atoms with E-state index in [9.17, 15) is 0 Å². The van der Waals surface area contributed by atoms with Gasteiger partial charge in [0.25, 0.3) is 0 Å². The molecule has 21 heavy (non-hydrogen) atoms. The number of hydrogen-bond donors (Lipinski definition) is 2. The average molecular weight is 298 g/mol. The van der Waals surface area contributed by atoms with Crippen molar-refractivity contribution in [2.24, 2.45) is 0 Å². The van der Waals surface area contributed by atoms with Gasteiger partial charge in [-0.15, -0.1) is 0 Å². The molecule has 0 heterocycles. The Hall–Kier alpha value is -1.87. The molecule has 0 radical (unpaired) electrons. The number of aryl methyl sites for hydroxylation is 1. The highest BCUT2D eigenvalue weighted by atomic mass is 32.1. The fourth-order valence-electron chi connectivity index (χ4n) is 2.11. The highest BCUT2D eigenvalue weighted by molar-refractivity contribution is 7.80. The Morgan fingerprint density at radius 2 is 1.67 bits per heavy atom. The molecule has 0 amide bonds. The van der Waals surface area contributed by atoms with Crippen molar-refractivity contribution in [2.75, 3.05) is 10.6 Å². The molecular weight excluding hydrogens is 276 g/mol. The average Bonchev–Trinajstić information content (AvgIpc) is 2.47. The van der Waals surface area contributed by atoms with Crippen LogP contribution in [0, 0.1) is 0 Å². The van der Waals surface area contributed by atoms with E-state index in [0.29, 0.717) is 11.0 Å². The molecule has 0 bridgehead atoms. The minimum atomic E-state index is 0.543. The normalized spacial score (nSPS) is 10.5. The van der Waals surface area contributed by atoms with Gasteiger partial charge in [0.1, 0.15) is 0 Å². The summed E-state index contributed by atoms with van der Waals surface area (Å²) in [7, 11) is 0. The van der Waals surface area contributed by atoms with E-state index in [1.807, 2.05) is 12.1 Å². The summed E-state index contributed by atoms with van der Waals surface area (Å²) in [6.07, 6.45) is 1.02. The third-order valence-corrected chi connectivity index (χ3v) is 3.63. The van der Waals surface area contributed by atoms with E-state index in [2.05, 4.69) is 67.8 Å². The molecule has 0 fully saturated rings. The number of nitrogens with one attached hydrogen (secondary N) is 2. The second kappa shape index (κ2) is 7.23. The summed E-state index contributed by atoms with van der Waals surface area (Å²) < 4.78 is 0. The molecule has 0 saturated carbocycles. The smallest absolute Gasteiger partial charge is 0.175 e. The molecular formula is C18H22N2S. The zero-order valence-electron chi connectivity index (χ0n) is 12.8. The Morgan fingerprint density at radius 1 is 1.00 bits per heavy atom. The number of hydrogen-bond acceptors (Lipinski definition) is 1. The first kappa shape index (κ1) is 15.5. The van der Waals surface area contributed by atoms with Crippen LogP contribution in [-0.2, 0) is 6.42 Å². The third kappa shape index (κ3) is 4.57. The molecule has 0 aromatic heterocycles. The van der Waals surface area contributed by atoms with Gasteiger partial charge in [0.2, 0.25) is 0 Å². The van der Waals surface area contributed by atoms with Gasteiger partial charge in [-0.2, -0.15) is 0 Å². The SMILES string of the molecule is CCc1cccc(NC(=S)Nc2ccc(C(C)C)cc2)c1. The molecule has 110 valence electrons. The Labute approximate surface area is 132 Å². The summed E-state index contributed by atoms with van der Waals surface area (Å²) in [5.41, 5.74) is 4.65. The quantitative estimate of drug-likeness (QED) is 0.760. The van der Waals surface area contributed by atoms with Gasteiger partial charge in [0, 0.05) is 11.4 Å². The topological polar surface area (TPSA) is 24.1 Å². The molecule has 2 aromatic carbocycles. The van der Waals surface area contributed by atoms with Crippen molar-refractivity contribution < 1.29 is 0 Å². The van der Waals surface area contributed by atoms with E-state index in [-0.39, 0.29) is 0 Å². The van der Waals surface area contributed by atoms with Crippen molar-refractivity contribution in [1.29, 1.82) is 0 Å². The van der Waals surface area contributed by atoms with Gasteiger partial charge in [-0.25, -0.2) is 0 Å². The summed E-state index contributed by atoms with van der Waals surface area (Å²) in [6, 6.07) is 16.7. The predicted molar refractivity (Wildman–Crippen MR) is 96.2 cm³/mol. The molecule has 0 atom stereocenters. The number of thiocarbonyl (C=S) groups is 1. The van der Waals surface area contributed by atoms with Crippen LogP contribution in [0.15, 0.2) is 48.5 Å². The molecule has 0 aliphatic carbocycles. The second-order valence-electron chi connectivity index (χ2n) is 5.41. The molecule has 2 rings (SSSR count). The summed E-state index contributed by atoms with van der Waals surface area (Å²) in [5.74, 6) is 0.543. The summed E-state index contributed by atoms with van der Waals surface area (Å²) in [6.45, 7) is 6.52. The van der Waals surface area contributed by atoms with Gasteiger partial charge in [-0.05, 0) is 59.9 Å². The lowest BCUT2D eigenvalue weighted by Gasteiger charge is -2.12. The van der Waals surface area contributed by atoms with Gasteiger partial charge in [0.15, 0.2) is 5.11 Å². The highest BCUT2D eigenvalue weighted by Gasteiger charge is 2.02. The van der Waals surface area contributed by atoms with Crippen LogP contribution >= 0.6 is 12.2 Å². The zero-order valence-corrected chi connectivity index (χ0v) is 13.6. The lowest BCUT2D eigenvalue weighted by Crippen LogP contribution is -2.19. The highest BCUT2D eigenvalue weighted by Crippen LogP contribution is 2.17. The van der Waals surface area contributed by atoms with E-state index in [1.165, 1.54) is 11.1 Å². The summed E-state index contributed by atoms with van der Waals surface area (Å²) in [4.78, 5) is 0. The van der Waals surface area contributed by atoms with Crippen molar-refractivity contribution >= 4 is 28.7 Å². The fraction of sp³-hybridized carbons (Fsp3) is 0.278. The van der Waals surface area contributed by atoms with Crippen LogP contribution in [0.25, 0.3) is 0 Å². The molecule has 2 nitrogen and oxygen atoms in total. The molecule has 0 aliphatic heterocycles. The Kier molecular flexibility index (Phi) is 5.34. The van der Waals surface area contributed by atoms with Crippen molar-refractivity contribution in [3.8, 4) is 0 Å². The first-order valence-electron chi connectivity index (χ1n) is 7.35. The van der Waals surface area contributed by atoms with E-state index in [0.717, 1.165) is 17.8 Å². The first-order chi connectivity index (χ1) is 10.1. The van der Waals surface area contributed by atoms with E-state index >= 15 is 0 Å². The van der Waals surface area contributed by atoms with Crippen LogP contribution < -0.4 is 10.6 Å². The van der Waals surface area contributed by atoms with Crippen LogP contribution in [0.3, 0.4) is 0 Å². The van der Waals surface area contributed by atoms with Crippen LogP contribution in [0.2, 0.25) is 0 Å². The number of anilines is 2. The summed E-state index contributed by atoms with van der Waals surface area (Å²) in [5, 5.41) is 7.05. The van der Waals surface area contributed by atoms with Crippen molar-refractivity contribution in [2.45, 2.75) is 33.1 Å². The maximum atomic E-state index is 5.36. The minimum absolute atomic E-state index is 0.543. The van der Waals surface area contributed by atoms with Gasteiger partial charge in [-0.1, -0.05) is 45.0 Å². The van der Waals surface area contributed by atoms with Crippen LogP contribution in [0.1, 0.15) is 37.8 Å². The summed E-state index contributed by atoms with van der Waals surface area (Å²) >= 11 is 5.36. The largest absolute Gasteiger partial charge is 0.332 e. The molecule has 2 N–H and O–H groups in total. The van der Waals surface area contributed by atoms with E-state index < -0.39 is 0 Å². The fourth-order valence-corrected chi connectivity index (χ4v) is 2.35.